The Morgan fingerprint density at radius 1 is 0.816 bits per heavy atom. The smallest absolute Gasteiger partial charge is 0.246 e. The maximum atomic E-state index is 14.1. The number of nitrogens with zero attached hydrogens (tertiary/aromatic N) is 3. The standard InChI is InChI=1S/C32H32N4O2/c37-29-21-35(24-15-17-34(18-16-24)20-22-9-3-1-4-10-22)32(38)28-19-26-25-13-7-8-14-27(25)33-30(26)31(36(28)29)23-11-5-2-6-12-23/h1-14,24,28,31,33H,15-21H2/t28-,31-/m1/s1. The third-order valence-corrected chi connectivity index (χ3v) is 8.66. The highest BCUT2D eigenvalue weighted by atomic mass is 16.2. The molecule has 2 fully saturated rings. The number of H-pyrrole nitrogens is 1. The number of hydrogen-bond donors (Lipinski definition) is 1. The van der Waals surface area contributed by atoms with E-state index < -0.39 is 6.04 Å². The average Bonchev–Trinajstić information content (AvgIpc) is 3.34. The lowest BCUT2D eigenvalue weighted by molar-refractivity contribution is -0.161. The minimum Gasteiger partial charge on any atom is -0.356 e. The van der Waals surface area contributed by atoms with Crippen LogP contribution in [0.1, 0.15) is 41.3 Å². The number of rotatable bonds is 4. The van der Waals surface area contributed by atoms with Crippen LogP contribution in [-0.2, 0) is 22.6 Å². The Bertz CT molecular complexity index is 1470. The lowest BCUT2D eigenvalue weighted by Gasteiger charge is -2.49. The fourth-order valence-electron chi connectivity index (χ4n) is 6.81. The Hall–Kier alpha value is -3.90. The second kappa shape index (κ2) is 9.44. The molecule has 1 N–H and O–H groups in total. The number of para-hydroxylation sites is 1. The second-order valence-electron chi connectivity index (χ2n) is 10.9. The van der Waals surface area contributed by atoms with Crippen LogP contribution in [0.4, 0.5) is 0 Å². The summed E-state index contributed by atoms with van der Waals surface area (Å²) in [5, 5.41) is 1.15. The zero-order valence-electron chi connectivity index (χ0n) is 21.4. The highest BCUT2D eigenvalue weighted by Gasteiger charge is 2.49. The summed E-state index contributed by atoms with van der Waals surface area (Å²) < 4.78 is 0. The van der Waals surface area contributed by atoms with Crippen LogP contribution in [0.2, 0.25) is 0 Å². The molecule has 0 spiro atoms. The molecule has 38 heavy (non-hydrogen) atoms. The summed E-state index contributed by atoms with van der Waals surface area (Å²) in [6, 6.07) is 28.3. The predicted octanol–water partition coefficient (Wildman–Crippen LogP) is 4.52. The van der Waals surface area contributed by atoms with Gasteiger partial charge in [0.2, 0.25) is 11.8 Å². The molecule has 1 aromatic heterocycles. The van der Waals surface area contributed by atoms with Crippen LogP contribution < -0.4 is 0 Å². The van der Waals surface area contributed by atoms with E-state index in [1.807, 2.05) is 46.2 Å². The summed E-state index contributed by atoms with van der Waals surface area (Å²) in [4.78, 5) is 37.8. The molecule has 0 saturated carbocycles. The van der Waals surface area contributed by atoms with E-state index in [0.29, 0.717) is 6.42 Å². The molecule has 3 aromatic carbocycles. The van der Waals surface area contributed by atoms with Gasteiger partial charge in [-0.15, -0.1) is 0 Å². The predicted molar refractivity (Wildman–Crippen MR) is 147 cm³/mol. The minimum atomic E-state index is -0.476. The van der Waals surface area contributed by atoms with Gasteiger partial charge in [-0.25, -0.2) is 0 Å². The molecule has 7 rings (SSSR count). The Labute approximate surface area is 222 Å². The van der Waals surface area contributed by atoms with Gasteiger partial charge in [-0.05, 0) is 35.6 Å². The van der Waals surface area contributed by atoms with Crippen molar-refractivity contribution in [3.05, 3.63) is 107 Å². The van der Waals surface area contributed by atoms with Crippen molar-refractivity contribution in [2.45, 2.75) is 43.9 Å². The lowest BCUT2D eigenvalue weighted by Crippen LogP contribution is -2.65. The Balaban J connectivity index is 1.17. The molecule has 0 radical (unpaired) electrons. The van der Waals surface area contributed by atoms with Crippen LogP contribution >= 0.6 is 0 Å². The Morgan fingerprint density at radius 2 is 1.50 bits per heavy atom. The number of aromatic amines is 1. The highest BCUT2D eigenvalue weighted by Crippen LogP contribution is 2.43. The summed E-state index contributed by atoms with van der Waals surface area (Å²) in [7, 11) is 0. The lowest BCUT2D eigenvalue weighted by atomic mass is 9.85. The van der Waals surface area contributed by atoms with E-state index in [4.69, 9.17) is 0 Å². The molecule has 2 saturated heterocycles. The van der Waals surface area contributed by atoms with Crippen LogP contribution in [0.25, 0.3) is 10.9 Å². The molecule has 2 atom stereocenters. The van der Waals surface area contributed by atoms with Crippen LogP contribution in [0, 0.1) is 0 Å². The third kappa shape index (κ3) is 3.91. The van der Waals surface area contributed by atoms with Gasteiger partial charge in [0.25, 0.3) is 0 Å². The van der Waals surface area contributed by atoms with Crippen molar-refractivity contribution < 1.29 is 9.59 Å². The molecule has 0 unspecified atom stereocenters. The zero-order valence-corrected chi connectivity index (χ0v) is 21.4. The van der Waals surface area contributed by atoms with Crippen molar-refractivity contribution >= 4 is 22.7 Å². The number of benzene rings is 3. The number of fused-ring (bicyclic) bond motifs is 4. The molecule has 0 bridgehead atoms. The van der Waals surface area contributed by atoms with E-state index in [9.17, 15) is 9.59 Å². The summed E-state index contributed by atoms with van der Waals surface area (Å²) in [6.45, 7) is 2.97. The van der Waals surface area contributed by atoms with Crippen LogP contribution in [0.15, 0.2) is 84.9 Å². The van der Waals surface area contributed by atoms with Crippen molar-refractivity contribution in [2.24, 2.45) is 0 Å². The molecule has 2 amide bonds. The second-order valence-corrected chi connectivity index (χ2v) is 10.9. The molecule has 192 valence electrons. The van der Waals surface area contributed by atoms with Gasteiger partial charge in [0, 0.05) is 48.7 Å². The number of likely N-dealkylation sites (tertiary alicyclic amines) is 1. The minimum absolute atomic E-state index is 0.0412. The van der Waals surface area contributed by atoms with Gasteiger partial charge in [-0.1, -0.05) is 78.9 Å². The summed E-state index contributed by atoms with van der Waals surface area (Å²) in [5.41, 5.74) is 5.61. The monoisotopic (exact) mass is 504 g/mol. The van der Waals surface area contributed by atoms with Crippen LogP contribution in [0.5, 0.6) is 0 Å². The quantitative estimate of drug-likeness (QED) is 0.445. The van der Waals surface area contributed by atoms with E-state index in [1.165, 1.54) is 5.56 Å². The first kappa shape index (κ1) is 23.2. The maximum Gasteiger partial charge on any atom is 0.246 e. The number of nitrogens with one attached hydrogen (secondary N) is 1. The summed E-state index contributed by atoms with van der Waals surface area (Å²) in [5.74, 6) is 0.141. The number of aromatic nitrogens is 1. The normalized spacial score (nSPS) is 22.5. The SMILES string of the molecule is O=C1[C@H]2Cc3c([nH]c4ccccc34)[C@@H](c3ccccc3)N2C(=O)CN1C1CCN(Cc2ccccc2)CC1. The average molecular weight is 505 g/mol. The molecular weight excluding hydrogens is 472 g/mol. The highest BCUT2D eigenvalue weighted by molar-refractivity contribution is 5.97. The van der Waals surface area contributed by atoms with E-state index >= 15 is 0 Å². The van der Waals surface area contributed by atoms with Crippen molar-refractivity contribution in [3.63, 3.8) is 0 Å². The molecule has 4 heterocycles. The van der Waals surface area contributed by atoms with Gasteiger partial charge < -0.3 is 14.8 Å². The number of amides is 2. The van der Waals surface area contributed by atoms with Crippen molar-refractivity contribution in [1.82, 2.24) is 19.7 Å². The van der Waals surface area contributed by atoms with Gasteiger partial charge in [-0.2, -0.15) is 0 Å². The van der Waals surface area contributed by atoms with Gasteiger partial charge in [-0.3, -0.25) is 14.5 Å². The van der Waals surface area contributed by atoms with Gasteiger partial charge in [0.1, 0.15) is 12.6 Å². The van der Waals surface area contributed by atoms with Crippen LogP contribution in [-0.4, -0.2) is 63.2 Å². The molecule has 3 aliphatic heterocycles. The molecule has 3 aliphatic rings. The largest absolute Gasteiger partial charge is 0.356 e. The fraction of sp³-hybridized carbons (Fsp3) is 0.312. The summed E-state index contributed by atoms with van der Waals surface area (Å²) >= 11 is 0. The first-order chi connectivity index (χ1) is 18.7. The number of piperazine rings is 1. The third-order valence-electron chi connectivity index (χ3n) is 8.66. The van der Waals surface area contributed by atoms with Crippen molar-refractivity contribution in [2.75, 3.05) is 19.6 Å². The van der Waals surface area contributed by atoms with E-state index in [2.05, 4.69) is 58.4 Å². The van der Waals surface area contributed by atoms with Crippen LogP contribution in [0.3, 0.4) is 0 Å². The molecular formula is C32H32N4O2. The molecule has 6 nitrogen and oxygen atoms in total. The molecule has 0 aliphatic carbocycles. The Kier molecular flexibility index (Phi) is 5.77. The van der Waals surface area contributed by atoms with Crippen molar-refractivity contribution in [3.8, 4) is 0 Å². The topological polar surface area (TPSA) is 59.7 Å². The van der Waals surface area contributed by atoms with E-state index in [-0.39, 0.29) is 30.4 Å². The number of piperidine rings is 1. The number of carbonyl (C=O) groups is 2. The van der Waals surface area contributed by atoms with Gasteiger partial charge in [0.15, 0.2) is 0 Å². The first-order valence-corrected chi connectivity index (χ1v) is 13.7. The summed E-state index contributed by atoms with van der Waals surface area (Å²) in [6.07, 6.45) is 2.36. The van der Waals surface area contributed by atoms with E-state index in [0.717, 1.165) is 60.2 Å². The Morgan fingerprint density at radius 3 is 2.26 bits per heavy atom. The van der Waals surface area contributed by atoms with Gasteiger partial charge >= 0.3 is 0 Å². The maximum absolute atomic E-state index is 14.1. The van der Waals surface area contributed by atoms with Crippen molar-refractivity contribution in [1.29, 1.82) is 0 Å². The molecule has 6 heteroatoms. The van der Waals surface area contributed by atoms with Gasteiger partial charge in [0.05, 0.1) is 6.04 Å². The zero-order chi connectivity index (χ0) is 25.6. The number of carbonyl (C=O) groups excluding carboxylic acids is 2. The van der Waals surface area contributed by atoms with E-state index in [1.54, 1.807) is 0 Å². The molecule has 4 aromatic rings. The fourth-order valence-corrected chi connectivity index (χ4v) is 6.81. The number of hydrogen-bond acceptors (Lipinski definition) is 3. The first-order valence-electron chi connectivity index (χ1n) is 13.7.